The Kier molecular flexibility index (Phi) is 3.66. The van der Waals surface area contributed by atoms with E-state index in [-0.39, 0.29) is 5.91 Å². The minimum atomic E-state index is -0.126. The number of fused-ring (bicyclic) bond motifs is 1. The van der Waals surface area contributed by atoms with Crippen molar-refractivity contribution in [3.8, 4) is 0 Å². The third kappa shape index (κ3) is 2.66. The van der Waals surface area contributed by atoms with Gasteiger partial charge in [-0.25, -0.2) is 9.97 Å². The highest BCUT2D eigenvalue weighted by molar-refractivity contribution is 5.99. The molecule has 6 heteroatoms. The fourth-order valence-electron chi connectivity index (χ4n) is 1.57. The van der Waals surface area contributed by atoms with E-state index in [1.165, 1.54) is 38.5 Å². The predicted molar refractivity (Wildman–Crippen MR) is 60.1 cm³/mol. The second kappa shape index (κ2) is 5.41. The molecule has 1 fully saturated rings. The van der Waals surface area contributed by atoms with Crippen LogP contribution in [-0.4, -0.2) is 35.6 Å². The quantitative estimate of drug-likeness (QED) is 0.573. The average Bonchev–Trinajstić information content (AvgIpc) is 2.88. The molecule has 3 heterocycles. The normalized spacial score (nSPS) is 17.6. The SMILES string of the molecule is C1CCNC1.O=C1NCNc2ncncc21. The predicted octanol–water partition coefficient (Wildman–Crippen LogP) is -0.0408. The number of hydrogen-bond acceptors (Lipinski definition) is 5. The maximum Gasteiger partial charge on any atom is 0.257 e. The summed E-state index contributed by atoms with van der Waals surface area (Å²) in [6.45, 7) is 2.93. The van der Waals surface area contributed by atoms with E-state index in [9.17, 15) is 4.79 Å². The van der Waals surface area contributed by atoms with Crippen molar-refractivity contribution in [1.29, 1.82) is 0 Å². The van der Waals surface area contributed by atoms with Gasteiger partial charge >= 0.3 is 0 Å². The maximum atomic E-state index is 11.1. The van der Waals surface area contributed by atoms with Gasteiger partial charge in [-0.05, 0) is 25.9 Å². The summed E-state index contributed by atoms with van der Waals surface area (Å²) in [5.41, 5.74) is 0.499. The fourth-order valence-corrected chi connectivity index (χ4v) is 1.57. The van der Waals surface area contributed by atoms with Crippen LogP contribution >= 0.6 is 0 Å². The van der Waals surface area contributed by atoms with Crippen molar-refractivity contribution >= 4 is 11.7 Å². The molecule has 0 bridgehead atoms. The van der Waals surface area contributed by atoms with Gasteiger partial charge in [0.05, 0.1) is 6.67 Å². The minimum absolute atomic E-state index is 0.126. The molecule has 1 saturated heterocycles. The Morgan fingerprint density at radius 1 is 1.19 bits per heavy atom. The molecule has 86 valence electrons. The standard InChI is InChI=1S/C6H6N4O.C4H9N/c11-6-4-1-7-2-8-5(4)9-3-10-6;1-2-4-5-3-1/h1-2H,3H2,(H,10,11)(H,7,8,9);5H,1-4H2. The molecule has 1 aromatic heterocycles. The number of carbonyl (C=O) groups is 1. The largest absolute Gasteiger partial charge is 0.352 e. The summed E-state index contributed by atoms with van der Waals surface area (Å²) in [7, 11) is 0. The molecule has 6 nitrogen and oxygen atoms in total. The molecule has 0 saturated carbocycles. The first-order valence-electron chi connectivity index (χ1n) is 5.41. The minimum Gasteiger partial charge on any atom is -0.352 e. The van der Waals surface area contributed by atoms with Crippen LogP contribution in [0.3, 0.4) is 0 Å². The number of anilines is 1. The van der Waals surface area contributed by atoms with Crippen LogP contribution in [0.2, 0.25) is 0 Å². The molecule has 0 aliphatic carbocycles. The summed E-state index contributed by atoms with van der Waals surface area (Å²) >= 11 is 0. The molecule has 3 N–H and O–H groups in total. The molecule has 0 unspecified atom stereocenters. The first-order valence-corrected chi connectivity index (χ1v) is 5.41. The second-order valence-electron chi connectivity index (χ2n) is 3.60. The zero-order valence-corrected chi connectivity index (χ0v) is 8.99. The van der Waals surface area contributed by atoms with Gasteiger partial charge in [0, 0.05) is 6.20 Å². The second-order valence-corrected chi connectivity index (χ2v) is 3.60. The van der Waals surface area contributed by atoms with Gasteiger partial charge in [-0.3, -0.25) is 4.79 Å². The topological polar surface area (TPSA) is 78.9 Å². The number of amides is 1. The van der Waals surface area contributed by atoms with Crippen molar-refractivity contribution in [2.75, 3.05) is 25.1 Å². The van der Waals surface area contributed by atoms with Gasteiger partial charge in [0.1, 0.15) is 17.7 Å². The van der Waals surface area contributed by atoms with Crippen LogP contribution in [0.4, 0.5) is 5.82 Å². The Bertz CT molecular complexity index is 356. The number of nitrogens with one attached hydrogen (secondary N) is 3. The highest BCUT2D eigenvalue weighted by Crippen LogP contribution is 2.11. The van der Waals surface area contributed by atoms with Crippen LogP contribution in [-0.2, 0) is 0 Å². The molecule has 2 aliphatic rings. The zero-order valence-electron chi connectivity index (χ0n) is 8.99. The molecule has 3 rings (SSSR count). The van der Waals surface area contributed by atoms with Crippen LogP contribution in [0.5, 0.6) is 0 Å². The molecule has 1 amide bonds. The molecule has 0 aromatic carbocycles. The van der Waals surface area contributed by atoms with Crippen LogP contribution in [0.25, 0.3) is 0 Å². The lowest BCUT2D eigenvalue weighted by Crippen LogP contribution is -2.35. The Labute approximate surface area is 93.9 Å². The number of rotatable bonds is 0. The Hall–Kier alpha value is -1.69. The zero-order chi connectivity index (χ0) is 11.2. The number of aromatic nitrogens is 2. The first kappa shape index (κ1) is 10.8. The summed E-state index contributed by atoms with van der Waals surface area (Å²) in [5, 5.41) is 8.74. The number of nitrogens with zero attached hydrogens (tertiary/aromatic N) is 2. The Balaban J connectivity index is 0.000000162. The fraction of sp³-hybridized carbons (Fsp3) is 0.500. The number of carbonyl (C=O) groups excluding carboxylic acids is 1. The molecule has 0 spiro atoms. The van der Waals surface area contributed by atoms with Gasteiger partial charge in [-0.1, -0.05) is 0 Å². The molecule has 1 aromatic rings. The highest BCUT2D eigenvalue weighted by Gasteiger charge is 2.15. The molecule has 2 aliphatic heterocycles. The van der Waals surface area contributed by atoms with Crippen molar-refractivity contribution < 1.29 is 4.79 Å². The van der Waals surface area contributed by atoms with Gasteiger partial charge in [0.2, 0.25) is 0 Å². The summed E-state index contributed by atoms with van der Waals surface area (Å²) in [5.74, 6) is 0.475. The molecular weight excluding hydrogens is 206 g/mol. The molecule has 16 heavy (non-hydrogen) atoms. The van der Waals surface area contributed by atoms with Crippen molar-refractivity contribution in [2.24, 2.45) is 0 Å². The lowest BCUT2D eigenvalue weighted by Gasteiger charge is -2.15. The summed E-state index contributed by atoms with van der Waals surface area (Å²) in [6.07, 6.45) is 5.67. The lowest BCUT2D eigenvalue weighted by atomic mass is 10.2. The third-order valence-corrected chi connectivity index (χ3v) is 2.42. The van der Waals surface area contributed by atoms with Gasteiger partial charge in [-0.2, -0.15) is 0 Å². The summed E-state index contributed by atoms with van der Waals surface area (Å²) in [6, 6.07) is 0. The molecular formula is C10H15N5O. The van der Waals surface area contributed by atoms with E-state index in [0.717, 1.165) is 0 Å². The van der Waals surface area contributed by atoms with Gasteiger partial charge in [0.25, 0.3) is 5.91 Å². The summed E-state index contributed by atoms with van der Waals surface area (Å²) < 4.78 is 0. The van der Waals surface area contributed by atoms with Crippen molar-refractivity contribution in [3.05, 3.63) is 18.1 Å². The molecule has 0 radical (unpaired) electrons. The van der Waals surface area contributed by atoms with E-state index in [1.54, 1.807) is 0 Å². The van der Waals surface area contributed by atoms with Crippen LogP contribution < -0.4 is 16.0 Å². The van der Waals surface area contributed by atoms with Crippen LogP contribution in [0.15, 0.2) is 12.5 Å². The lowest BCUT2D eigenvalue weighted by molar-refractivity contribution is 0.0952. The van der Waals surface area contributed by atoms with Crippen LogP contribution in [0.1, 0.15) is 23.2 Å². The van der Waals surface area contributed by atoms with E-state index in [1.807, 2.05) is 0 Å². The Morgan fingerprint density at radius 2 is 2.00 bits per heavy atom. The van der Waals surface area contributed by atoms with E-state index in [0.29, 0.717) is 18.1 Å². The van der Waals surface area contributed by atoms with Crippen molar-refractivity contribution in [1.82, 2.24) is 20.6 Å². The Morgan fingerprint density at radius 3 is 2.62 bits per heavy atom. The smallest absolute Gasteiger partial charge is 0.257 e. The first-order chi connectivity index (χ1) is 7.88. The van der Waals surface area contributed by atoms with Crippen molar-refractivity contribution in [2.45, 2.75) is 12.8 Å². The van der Waals surface area contributed by atoms with E-state index in [4.69, 9.17) is 0 Å². The van der Waals surface area contributed by atoms with E-state index >= 15 is 0 Å². The van der Waals surface area contributed by atoms with Crippen molar-refractivity contribution in [3.63, 3.8) is 0 Å². The summed E-state index contributed by atoms with van der Waals surface area (Å²) in [4.78, 5) is 18.7. The average molecular weight is 221 g/mol. The van der Waals surface area contributed by atoms with Gasteiger partial charge < -0.3 is 16.0 Å². The highest BCUT2D eigenvalue weighted by atomic mass is 16.1. The number of hydrogen-bond donors (Lipinski definition) is 3. The molecule has 0 atom stereocenters. The van der Waals surface area contributed by atoms with Gasteiger partial charge in [-0.15, -0.1) is 0 Å². The van der Waals surface area contributed by atoms with E-state index in [2.05, 4.69) is 25.9 Å². The van der Waals surface area contributed by atoms with Gasteiger partial charge in [0.15, 0.2) is 0 Å². The van der Waals surface area contributed by atoms with E-state index < -0.39 is 0 Å². The van der Waals surface area contributed by atoms with Crippen LogP contribution in [0, 0.1) is 0 Å². The maximum absolute atomic E-state index is 11.1. The monoisotopic (exact) mass is 221 g/mol. The third-order valence-electron chi connectivity index (χ3n) is 2.42.